The second-order valence-electron chi connectivity index (χ2n) is 4.68. The van der Waals surface area contributed by atoms with Gasteiger partial charge in [0, 0.05) is 17.5 Å². The van der Waals surface area contributed by atoms with E-state index in [1.165, 1.54) is 0 Å². The van der Waals surface area contributed by atoms with Crippen molar-refractivity contribution in [2.75, 3.05) is 13.2 Å². The molecule has 0 fully saturated rings. The van der Waals surface area contributed by atoms with Crippen LogP contribution in [0.3, 0.4) is 0 Å². The maximum absolute atomic E-state index is 11.3. The van der Waals surface area contributed by atoms with E-state index in [-0.39, 0.29) is 5.97 Å². The lowest BCUT2D eigenvalue weighted by atomic mass is 10.1. The first kappa shape index (κ1) is 16.6. The molecule has 2 rings (SSSR count). The summed E-state index contributed by atoms with van der Waals surface area (Å²) < 4.78 is 4.86. The van der Waals surface area contributed by atoms with Crippen LogP contribution in [0.25, 0.3) is 0 Å². The molecular formula is C17H19N3O3. The third-order valence-corrected chi connectivity index (χ3v) is 2.98. The van der Waals surface area contributed by atoms with Crippen molar-refractivity contribution in [1.82, 2.24) is 10.2 Å². The van der Waals surface area contributed by atoms with E-state index in [1.807, 2.05) is 36.4 Å². The molecule has 0 amide bonds. The Balaban J connectivity index is 1.99. The number of ether oxygens (including phenoxy) is 1. The van der Waals surface area contributed by atoms with Crippen molar-refractivity contribution in [3.8, 4) is 0 Å². The number of carbonyl (C=O) groups is 1. The summed E-state index contributed by atoms with van der Waals surface area (Å²) in [5.41, 5.74) is 2.42. The van der Waals surface area contributed by atoms with Crippen LogP contribution in [0.4, 0.5) is 0 Å². The summed E-state index contributed by atoms with van der Waals surface area (Å²) in [7, 11) is 0. The maximum Gasteiger partial charge on any atom is 0.305 e. The number of aromatic nitrogens is 2. The van der Waals surface area contributed by atoms with Gasteiger partial charge in [-0.1, -0.05) is 35.5 Å². The number of hydrogen-bond donors (Lipinski definition) is 0. The second-order valence-corrected chi connectivity index (χ2v) is 4.68. The van der Waals surface area contributed by atoms with Crippen molar-refractivity contribution >= 4 is 11.7 Å². The smallest absolute Gasteiger partial charge is 0.305 e. The summed E-state index contributed by atoms with van der Waals surface area (Å²) in [4.78, 5) is 16.6. The van der Waals surface area contributed by atoms with Crippen LogP contribution in [0, 0.1) is 0 Å². The molecule has 6 nitrogen and oxygen atoms in total. The number of nitrogens with zero attached hydrogens (tertiary/aromatic N) is 3. The van der Waals surface area contributed by atoms with Crippen molar-refractivity contribution in [2.45, 2.75) is 19.8 Å². The predicted octanol–water partition coefficient (Wildman–Crippen LogP) is 2.59. The van der Waals surface area contributed by atoms with Crippen molar-refractivity contribution in [3.05, 3.63) is 59.9 Å². The van der Waals surface area contributed by atoms with Gasteiger partial charge in [-0.25, -0.2) is 0 Å². The molecule has 0 aliphatic carbocycles. The van der Waals surface area contributed by atoms with Crippen molar-refractivity contribution in [2.24, 2.45) is 5.16 Å². The van der Waals surface area contributed by atoms with Gasteiger partial charge in [0.05, 0.1) is 19.0 Å². The fourth-order valence-electron chi connectivity index (χ4n) is 1.92. The average Bonchev–Trinajstić information content (AvgIpc) is 2.60. The molecule has 1 heterocycles. The lowest BCUT2D eigenvalue weighted by Crippen LogP contribution is -2.07. The van der Waals surface area contributed by atoms with Crippen LogP contribution in [0.2, 0.25) is 0 Å². The summed E-state index contributed by atoms with van der Waals surface area (Å²) in [6.07, 6.45) is 4.11. The molecule has 0 aliphatic rings. The number of benzene rings is 1. The topological polar surface area (TPSA) is 73.7 Å². The number of carbonyl (C=O) groups excluding carboxylic acids is 1. The fraction of sp³-hybridized carbons (Fsp3) is 0.294. The van der Waals surface area contributed by atoms with Crippen molar-refractivity contribution in [3.63, 3.8) is 0 Å². The van der Waals surface area contributed by atoms with Crippen LogP contribution in [-0.2, 0) is 14.4 Å². The number of esters is 1. The molecule has 2 aromatic rings. The van der Waals surface area contributed by atoms with E-state index in [0.717, 1.165) is 11.1 Å². The zero-order valence-electron chi connectivity index (χ0n) is 13.0. The molecule has 0 aliphatic heterocycles. The predicted molar refractivity (Wildman–Crippen MR) is 85.9 cm³/mol. The minimum Gasteiger partial charge on any atom is -0.466 e. The number of oxime groups is 1. The van der Waals surface area contributed by atoms with Crippen LogP contribution in [0.15, 0.2) is 53.9 Å². The standard InChI is InChI=1S/C17H19N3O3/c1-2-22-16(21)9-6-12-23-20-17(14-7-4-3-5-8-14)15-10-11-18-19-13-15/h3-5,7-8,10-11,13H,2,6,9,12H2,1H3/b20-17+. The molecule has 0 atom stereocenters. The van der Waals surface area contributed by atoms with Crippen LogP contribution < -0.4 is 0 Å². The second kappa shape index (κ2) is 9.30. The molecular weight excluding hydrogens is 294 g/mol. The first-order valence-electron chi connectivity index (χ1n) is 7.49. The Hall–Kier alpha value is -2.76. The molecule has 0 saturated heterocycles. The van der Waals surface area contributed by atoms with Gasteiger partial charge < -0.3 is 9.57 Å². The molecule has 1 aromatic carbocycles. The Kier molecular flexibility index (Phi) is 6.71. The van der Waals surface area contributed by atoms with E-state index in [0.29, 0.717) is 31.8 Å². The lowest BCUT2D eigenvalue weighted by molar-refractivity contribution is -0.143. The first-order chi connectivity index (χ1) is 11.3. The molecule has 0 N–H and O–H groups in total. The molecule has 0 spiro atoms. The average molecular weight is 313 g/mol. The van der Waals surface area contributed by atoms with E-state index in [2.05, 4.69) is 15.4 Å². The highest BCUT2D eigenvalue weighted by Gasteiger charge is 2.08. The summed E-state index contributed by atoms with van der Waals surface area (Å²) in [6, 6.07) is 11.5. The van der Waals surface area contributed by atoms with Crippen molar-refractivity contribution < 1.29 is 14.4 Å². The molecule has 0 saturated carbocycles. The van der Waals surface area contributed by atoms with E-state index in [9.17, 15) is 4.79 Å². The van der Waals surface area contributed by atoms with Crippen LogP contribution >= 0.6 is 0 Å². The Morgan fingerprint density at radius 3 is 2.65 bits per heavy atom. The zero-order chi connectivity index (χ0) is 16.3. The quantitative estimate of drug-likeness (QED) is 0.324. The van der Waals surface area contributed by atoms with E-state index in [1.54, 1.807) is 19.3 Å². The van der Waals surface area contributed by atoms with E-state index in [4.69, 9.17) is 9.57 Å². The minimum absolute atomic E-state index is 0.221. The summed E-state index contributed by atoms with van der Waals surface area (Å²) in [5, 5.41) is 11.8. The SMILES string of the molecule is CCOC(=O)CCCO/N=C(\c1ccccc1)c1ccnnc1. The van der Waals surface area contributed by atoms with Crippen LogP contribution in [0.5, 0.6) is 0 Å². The summed E-state index contributed by atoms with van der Waals surface area (Å²) in [5.74, 6) is -0.221. The Bertz CT molecular complexity index is 589. The van der Waals surface area contributed by atoms with Gasteiger partial charge in [0.2, 0.25) is 0 Å². The lowest BCUT2D eigenvalue weighted by Gasteiger charge is -2.07. The molecule has 23 heavy (non-hydrogen) atoms. The van der Waals surface area contributed by atoms with Crippen LogP contribution in [0.1, 0.15) is 30.9 Å². The van der Waals surface area contributed by atoms with Gasteiger partial charge >= 0.3 is 5.97 Å². The van der Waals surface area contributed by atoms with Gasteiger partial charge in [-0.15, -0.1) is 0 Å². The van der Waals surface area contributed by atoms with Gasteiger partial charge in [0.1, 0.15) is 12.3 Å². The van der Waals surface area contributed by atoms with Gasteiger partial charge in [-0.05, 0) is 19.4 Å². The molecule has 0 radical (unpaired) electrons. The van der Waals surface area contributed by atoms with Gasteiger partial charge in [-0.2, -0.15) is 10.2 Å². The maximum atomic E-state index is 11.3. The normalized spacial score (nSPS) is 11.1. The fourth-order valence-corrected chi connectivity index (χ4v) is 1.92. The van der Waals surface area contributed by atoms with E-state index < -0.39 is 0 Å². The third kappa shape index (κ3) is 5.50. The highest BCUT2D eigenvalue weighted by molar-refractivity contribution is 6.12. The zero-order valence-corrected chi connectivity index (χ0v) is 13.0. The highest BCUT2D eigenvalue weighted by atomic mass is 16.6. The highest BCUT2D eigenvalue weighted by Crippen LogP contribution is 2.10. The van der Waals surface area contributed by atoms with Gasteiger partial charge in [0.15, 0.2) is 0 Å². The molecule has 0 bridgehead atoms. The first-order valence-corrected chi connectivity index (χ1v) is 7.49. The van der Waals surface area contributed by atoms with Gasteiger partial charge in [0.25, 0.3) is 0 Å². The summed E-state index contributed by atoms with van der Waals surface area (Å²) in [6.45, 7) is 2.52. The monoisotopic (exact) mass is 313 g/mol. The molecule has 6 heteroatoms. The Morgan fingerprint density at radius 2 is 1.96 bits per heavy atom. The molecule has 1 aromatic heterocycles. The van der Waals surface area contributed by atoms with E-state index >= 15 is 0 Å². The molecule has 120 valence electrons. The molecule has 0 unspecified atom stereocenters. The van der Waals surface area contributed by atoms with Gasteiger partial charge in [-0.3, -0.25) is 4.79 Å². The largest absolute Gasteiger partial charge is 0.466 e. The number of hydrogen-bond acceptors (Lipinski definition) is 6. The minimum atomic E-state index is -0.221. The summed E-state index contributed by atoms with van der Waals surface area (Å²) >= 11 is 0. The Morgan fingerprint density at radius 1 is 1.13 bits per heavy atom. The van der Waals surface area contributed by atoms with Crippen molar-refractivity contribution in [1.29, 1.82) is 0 Å². The Labute approximate surface area is 135 Å². The third-order valence-electron chi connectivity index (χ3n) is 2.98. The van der Waals surface area contributed by atoms with Crippen LogP contribution in [-0.4, -0.2) is 35.1 Å². The number of rotatable bonds is 8.